The minimum absolute atomic E-state index is 0.678. The van der Waals surface area contributed by atoms with E-state index in [4.69, 9.17) is 4.98 Å². The van der Waals surface area contributed by atoms with Crippen molar-refractivity contribution in [2.24, 2.45) is 7.05 Å². The summed E-state index contributed by atoms with van der Waals surface area (Å²) in [6.07, 6.45) is 6.20. The van der Waals surface area contributed by atoms with Crippen LogP contribution in [0.15, 0.2) is 61.1 Å². The van der Waals surface area contributed by atoms with Gasteiger partial charge in [-0.15, -0.1) is 0 Å². The van der Waals surface area contributed by atoms with E-state index in [0.29, 0.717) is 6.41 Å². The van der Waals surface area contributed by atoms with Crippen molar-refractivity contribution in [2.75, 3.05) is 10.6 Å². The fourth-order valence-electron chi connectivity index (χ4n) is 3.07. The maximum absolute atomic E-state index is 10.8. The Hall–Kier alpha value is -3.67. The van der Waals surface area contributed by atoms with Gasteiger partial charge >= 0.3 is 0 Å². The maximum atomic E-state index is 10.8. The van der Waals surface area contributed by atoms with E-state index < -0.39 is 0 Å². The van der Waals surface area contributed by atoms with Crippen LogP contribution in [0.5, 0.6) is 0 Å². The van der Waals surface area contributed by atoms with E-state index in [1.165, 1.54) is 0 Å². The van der Waals surface area contributed by atoms with Gasteiger partial charge in [0, 0.05) is 48.0 Å². The number of nitrogens with zero attached hydrogens (tertiary/aromatic N) is 3. The summed E-state index contributed by atoms with van der Waals surface area (Å²) >= 11 is 0. The molecule has 0 atom stereocenters. The Labute approximate surface area is 156 Å². The second-order valence-corrected chi connectivity index (χ2v) is 6.37. The average Bonchev–Trinajstić information content (AvgIpc) is 3.07. The van der Waals surface area contributed by atoms with E-state index in [0.717, 1.165) is 44.9 Å². The van der Waals surface area contributed by atoms with Crippen molar-refractivity contribution in [3.05, 3.63) is 66.6 Å². The van der Waals surface area contributed by atoms with Crippen molar-refractivity contribution in [1.29, 1.82) is 0 Å². The topological polar surface area (TPSA) is 71.8 Å². The predicted octanol–water partition coefficient (Wildman–Crippen LogP) is 4.26. The highest BCUT2D eigenvalue weighted by atomic mass is 16.1. The molecule has 0 radical (unpaired) electrons. The Morgan fingerprint density at radius 2 is 1.85 bits per heavy atom. The van der Waals surface area contributed by atoms with Gasteiger partial charge in [-0.3, -0.25) is 9.78 Å². The highest BCUT2D eigenvalue weighted by Crippen LogP contribution is 2.32. The highest BCUT2D eigenvalue weighted by molar-refractivity contribution is 5.95. The van der Waals surface area contributed by atoms with E-state index in [-0.39, 0.29) is 0 Å². The van der Waals surface area contributed by atoms with Crippen molar-refractivity contribution in [3.8, 4) is 11.3 Å². The van der Waals surface area contributed by atoms with Crippen molar-refractivity contribution in [2.45, 2.75) is 6.92 Å². The van der Waals surface area contributed by atoms with E-state index in [1.54, 1.807) is 12.4 Å². The summed E-state index contributed by atoms with van der Waals surface area (Å²) in [4.78, 5) is 19.7. The first-order valence-corrected chi connectivity index (χ1v) is 8.60. The molecule has 27 heavy (non-hydrogen) atoms. The van der Waals surface area contributed by atoms with Gasteiger partial charge in [0.15, 0.2) is 0 Å². The normalized spacial score (nSPS) is 10.7. The van der Waals surface area contributed by atoms with Crippen LogP contribution in [0.4, 0.5) is 17.1 Å². The number of hydrogen-bond acceptors (Lipinski definition) is 4. The van der Waals surface area contributed by atoms with Crippen LogP contribution in [0.3, 0.4) is 0 Å². The van der Waals surface area contributed by atoms with E-state index >= 15 is 0 Å². The van der Waals surface area contributed by atoms with Crippen LogP contribution in [-0.4, -0.2) is 20.9 Å². The van der Waals surface area contributed by atoms with Crippen molar-refractivity contribution >= 4 is 34.5 Å². The number of carbonyl (C=O) groups is 1. The minimum atomic E-state index is 0.678. The number of aryl methyl sites for hydroxylation is 2. The van der Waals surface area contributed by atoms with Crippen LogP contribution in [0.2, 0.25) is 0 Å². The number of nitrogens with one attached hydrogen (secondary N) is 2. The van der Waals surface area contributed by atoms with Crippen LogP contribution in [-0.2, 0) is 11.8 Å². The molecule has 0 fully saturated rings. The summed E-state index contributed by atoms with van der Waals surface area (Å²) < 4.78 is 2.00. The molecule has 6 nitrogen and oxygen atoms in total. The summed E-state index contributed by atoms with van der Waals surface area (Å²) in [6, 6.07) is 13.7. The van der Waals surface area contributed by atoms with Gasteiger partial charge in [-0.1, -0.05) is 6.07 Å². The largest absolute Gasteiger partial charge is 0.355 e. The lowest BCUT2D eigenvalue weighted by Crippen LogP contribution is -2.00. The zero-order valence-corrected chi connectivity index (χ0v) is 15.1. The molecule has 134 valence electrons. The quantitative estimate of drug-likeness (QED) is 0.524. The number of pyridine rings is 2. The van der Waals surface area contributed by atoms with E-state index in [9.17, 15) is 4.79 Å². The first kappa shape index (κ1) is 16.8. The monoisotopic (exact) mass is 357 g/mol. The lowest BCUT2D eigenvalue weighted by atomic mass is 10.1. The first-order chi connectivity index (χ1) is 13.2. The molecule has 3 aromatic heterocycles. The van der Waals surface area contributed by atoms with Crippen molar-refractivity contribution in [3.63, 3.8) is 0 Å². The molecule has 0 aliphatic carbocycles. The van der Waals surface area contributed by atoms with Gasteiger partial charge in [-0.25, -0.2) is 4.98 Å². The predicted molar refractivity (Wildman–Crippen MR) is 108 cm³/mol. The third-order valence-corrected chi connectivity index (χ3v) is 4.55. The third-order valence-electron chi connectivity index (χ3n) is 4.55. The van der Waals surface area contributed by atoms with Gasteiger partial charge in [0.2, 0.25) is 6.41 Å². The standard InChI is InChI=1S/C21H19N5O/c1-14-3-4-16(23-13-27)11-18(14)24-20-12-19(15-5-8-22-9-6-15)25-21-17(20)7-10-26(21)2/h3-13H,1-2H3,(H,23,27)(H,24,25). The lowest BCUT2D eigenvalue weighted by Gasteiger charge is -2.14. The molecule has 0 spiro atoms. The number of rotatable bonds is 5. The van der Waals surface area contributed by atoms with Gasteiger partial charge in [-0.2, -0.15) is 0 Å². The van der Waals surface area contributed by atoms with Gasteiger partial charge < -0.3 is 15.2 Å². The Kier molecular flexibility index (Phi) is 4.30. The minimum Gasteiger partial charge on any atom is -0.355 e. The summed E-state index contributed by atoms with van der Waals surface area (Å²) in [6.45, 7) is 2.03. The fourth-order valence-corrected chi connectivity index (χ4v) is 3.07. The average molecular weight is 357 g/mol. The molecular formula is C21H19N5O. The molecule has 0 saturated heterocycles. The Balaban J connectivity index is 1.84. The molecular weight excluding hydrogens is 338 g/mol. The molecule has 1 aromatic carbocycles. The number of hydrogen-bond donors (Lipinski definition) is 2. The summed E-state index contributed by atoms with van der Waals surface area (Å²) in [5.74, 6) is 0. The Morgan fingerprint density at radius 3 is 2.63 bits per heavy atom. The van der Waals surface area contributed by atoms with E-state index in [2.05, 4.69) is 15.6 Å². The molecule has 4 aromatic rings. The molecule has 0 aliphatic heterocycles. The van der Waals surface area contributed by atoms with Gasteiger partial charge in [-0.05, 0) is 48.9 Å². The summed E-state index contributed by atoms with van der Waals surface area (Å²) in [7, 11) is 1.98. The molecule has 1 amide bonds. The second-order valence-electron chi connectivity index (χ2n) is 6.37. The molecule has 4 rings (SSSR count). The first-order valence-electron chi connectivity index (χ1n) is 8.60. The summed E-state index contributed by atoms with van der Waals surface area (Å²) in [5, 5.41) is 7.24. The lowest BCUT2D eigenvalue weighted by molar-refractivity contribution is -0.105. The maximum Gasteiger partial charge on any atom is 0.211 e. The molecule has 0 unspecified atom stereocenters. The molecule has 3 heterocycles. The SMILES string of the molecule is Cc1ccc(NC=O)cc1Nc1cc(-c2ccncc2)nc2c1ccn2C. The third kappa shape index (κ3) is 3.25. The van der Waals surface area contributed by atoms with Crippen LogP contribution in [0.1, 0.15) is 5.56 Å². The van der Waals surface area contributed by atoms with Gasteiger partial charge in [0.1, 0.15) is 5.65 Å². The smallest absolute Gasteiger partial charge is 0.211 e. The number of anilines is 3. The summed E-state index contributed by atoms with van der Waals surface area (Å²) in [5.41, 5.74) is 6.48. The van der Waals surface area contributed by atoms with Gasteiger partial charge in [0.05, 0.1) is 11.4 Å². The number of amides is 1. The van der Waals surface area contributed by atoms with Crippen molar-refractivity contribution in [1.82, 2.24) is 14.5 Å². The molecule has 6 heteroatoms. The Morgan fingerprint density at radius 1 is 1.04 bits per heavy atom. The van der Waals surface area contributed by atoms with Crippen LogP contribution < -0.4 is 10.6 Å². The molecule has 0 bridgehead atoms. The number of carbonyl (C=O) groups excluding carboxylic acids is 1. The fraction of sp³-hybridized carbons (Fsp3) is 0.0952. The molecule has 2 N–H and O–H groups in total. The van der Waals surface area contributed by atoms with Crippen LogP contribution >= 0.6 is 0 Å². The number of benzene rings is 1. The second kappa shape index (κ2) is 6.92. The van der Waals surface area contributed by atoms with Crippen LogP contribution in [0.25, 0.3) is 22.3 Å². The number of fused-ring (bicyclic) bond motifs is 1. The van der Waals surface area contributed by atoms with Crippen LogP contribution in [0, 0.1) is 6.92 Å². The zero-order valence-electron chi connectivity index (χ0n) is 15.1. The highest BCUT2D eigenvalue weighted by Gasteiger charge is 2.11. The zero-order chi connectivity index (χ0) is 18.8. The Bertz CT molecular complexity index is 1120. The van der Waals surface area contributed by atoms with E-state index in [1.807, 2.05) is 67.2 Å². The molecule has 0 aliphatic rings. The molecule has 0 saturated carbocycles. The van der Waals surface area contributed by atoms with Crippen molar-refractivity contribution < 1.29 is 4.79 Å². The van der Waals surface area contributed by atoms with Gasteiger partial charge in [0.25, 0.3) is 0 Å². The number of aromatic nitrogens is 3.